The number of pyridine rings is 1. The molecule has 0 aliphatic carbocycles. The second-order valence-electron chi connectivity index (χ2n) is 3.13. The van der Waals surface area contributed by atoms with E-state index in [4.69, 9.17) is 4.74 Å². The number of nitrogens with zero attached hydrogens (tertiary/aromatic N) is 1. The molecule has 14 heavy (non-hydrogen) atoms. The molecule has 0 aliphatic rings. The number of ether oxygens (including phenoxy) is 1. The van der Waals surface area contributed by atoms with Crippen LogP contribution in [0, 0.1) is 0 Å². The van der Waals surface area contributed by atoms with Crippen molar-refractivity contribution in [2.24, 2.45) is 0 Å². The summed E-state index contributed by atoms with van der Waals surface area (Å²) in [6.45, 7) is 3.32. The third-order valence-corrected chi connectivity index (χ3v) is 2.11. The van der Waals surface area contributed by atoms with Crippen molar-refractivity contribution in [2.75, 3.05) is 6.61 Å². The molecule has 0 spiro atoms. The molecule has 1 heterocycles. The average molecular weight is 187 g/mol. The third-order valence-electron chi connectivity index (χ3n) is 2.11. The molecule has 2 aromatic rings. The number of benzene rings is 1. The number of hydrogen-bond acceptors (Lipinski definition) is 2. The summed E-state index contributed by atoms with van der Waals surface area (Å²) < 4.78 is 5.31. The second kappa shape index (κ2) is 4.20. The third kappa shape index (κ3) is 1.91. The first-order chi connectivity index (χ1) is 6.90. The summed E-state index contributed by atoms with van der Waals surface area (Å²) in [6, 6.07) is 12.2. The zero-order valence-corrected chi connectivity index (χ0v) is 8.23. The summed E-state index contributed by atoms with van der Waals surface area (Å²) >= 11 is 0. The van der Waals surface area contributed by atoms with Gasteiger partial charge in [-0.15, -0.1) is 0 Å². The number of para-hydroxylation sites is 1. The van der Waals surface area contributed by atoms with Gasteiger partial charge in [0, 0.05) is 12.0 Å². The molecule has 0 saturated heterocycles. The van der Waals surface area contributed by atoms with E-state index in [0.717, 1.165) is 17.8 Å². The SMILES string of the molecule is CCOCc1ccc2ccccc2n1. The highest BCUT2D eigenvalue weighted by atomic mass is 16.5. The van der Waals surface area contributed by atoms with Crippen molar-refractivity contribution in [3.63, 3.8) is 0 Å². The minimum Gasteiger partial charge on any atom is -0.375 e. The zero-order valence-electron chi connectivity index (χ0n) is 8.23. The van der Waals surface area contributed by atoms with Crippen LogP contribution in [0.15, 0.2) is 36.4 Å². The Balaban J connectivity index is 2.32. The van der Waals surface area contributed by atoms with Crippen LogP contribution in [-0.4, -0.2) is 11.6 Å². The van der Waals surface area contributed by atoms with E-state index in [1.165, 1.54) is 5.39 Å². The molecule has 2 heteroatoms. The Morgan fingerprint density at radius 3 is 2.86 bits per heavy atom. The fourth-order valence-corrected chi connectivity index (χ4v) is 1.40. The van der Waals surface area contributed by atoms with E-state index in [2.05, 4.69) is 17.1 Å². The minimum atomic E-state index is 0.599. The van der Waals surface area contributed by atoms with Crippen molar-refractivity contribution in [2.45, 2.75) is 13.5 Å². The van der Waals surface area contributed by atoms with Gasteiger partial charge in [0.15, 0.2) is 0 Å². The Hall–Kier alpha value is -1.41. The summed E-state index contributed by atoms with van der Waals surface area (Å²) in [5.41, 5.74) is 2.02. The van der Waals surface area contributed by atoms with Crippen LogP contribution in [-0.2, 0) is 11.3 Å². The van der Waals surface area contributed by atoms with Gasteiger partial charge < -0.3 is 4.74 Å². The normalized spacial score (nSPS) is 10.6. The van der Waals surface area contributed by atoms with Crippen LogP contribution in [0.5, 0.6) is 0 Å². The zero-order chi connectivity index (χ0) is 9.80. The van der Waals surface area contributed by atoms with Crippen LogP contribution in [0.2, 0.25) is 0 Å². The van der Waals surface area contributed by atoms with Crippen molar-refractivity contribution < 1.29 is 4.74 Å². The predicted molar refractivity (Wildman–Crippen MR) is 57.1 cm³/mol. The van der Waals surface area contributed by atoms with Crippen molar-refractivity contribution in [3.8, 4) is 0 Å². The lowest BCUT2D eigenvalue weighted by atomic mass is 10.2. The summed E-state index contributed by atoms with van der Waals surface area (Å²) in [5, 5.41) is 1.17. The summed E-state index contributed by atoms with van der Waals surface area (Å²) in [4.78, 5) is 4.49. The maximum absolute atomic E-state index is 5.31. The van der Waals surface area contributed by atoms with Crippen molar-refractivity contribution >= 4 is 10.9 Å². The van der Waals surface area contributed by atoms with Crippen LogP contribution >= 0.6 is 0 Å². The van der Waals surface area contributed by atoms with E-state index in [9.17, 15) is 0 Å². The van der Waals surface area contributed by atoms with E-state index in [1.807, 2.05) is 31.2 Å². The maximum atomic E-state index is 5.31. The highest BCUT2D eigenvalue weighted by Crippen LogP contribution is 2.11. The largest absolute Gasteiger partial charge is 0.375 e. The molecule has 0 atom stereocenters. The van der Waals surface area contributed by atoms with E-state index >= 15 is 0 Å². The quantitative estimate of drug-likeness (QED) is 0.737. The van der Waals surface area contributed by atoms with E-state index in [1.54, 1.807) is 0 Å². The van der Waals surface area contributed by atoms with Crippen LogP contribution in [0.25, 0.3) is 10.9 Å². The van der Waals surface area contributed by atoms with Gasteiger partial charge >= 0.3 is 0 Å². The lowest BCUT2D eigenvalue weighted by Gasteiger charge is -2.02. The molecule has 0 saturated carbocycles. The Bertz CT molecular complexity index is 425. The highest BCUT2D eigenvalue weighted by molar-refractivity contribution is 5.78. The Labute approximate surface area is 83.5 Å². The van der Waals surface area contributed by atoms with Gasteiger partial charge in [0.2, 0.25) is 0 Å². The molecule has 0 radical (unpaired) electrons. The fraction of sp³-hybridized carbons (Fsp3) is 0.250. The summed E-state index contributed by atoms with van der Waals surface area (Å²) in [5.74, 6) is 0. The second-order valence-corrected chi connectivity index (χ2v) is 3.13. The molecule has 0 fully saturated rings. The smallest absolute Gasteiger partial charge is 0.0887 e. The van der Waals surface area contributed by atoms with Crippen molar-refractivity contribution in [3.05, 3.63) is 42.1 Å². The van der Waals surface area contributed by atoms with Crippen LogP contribution < -0.4 is 0 Å². The average Bonchev–Trinajstić information content (AvgIpc) is 2.26. The van der Waals surface area contributed by atoms with E-state index in [0.29, 0.717) is 6.61 Å². The van der Waals surface area contributed by atoms with Gasteiger partial charge in [-0.1, -0.05) is 24.3 Å². The molecule has 0 N–H and O–H groups in total. The monoisotopic (exact) mass is 187 g/mol. The van der Waals surface area contributed by atoms with Gasteiger partial charge in [-0.2, -0.15) is 0 Å². The first-order valence-electron chi connectivity index (χ1n) is 4.82. The molecule has 2 nitrogen and oxygen atoms in total. The van der Waals surface area contributed by atoms with Gasteiger partial charge in [-0.25, -0.2) is 0 Å². The first kappa shape index (κ1) is 9.16. The molecule has 2 rings (SSSR count). The van der Waals surface area contributed by atoms with E-state index < -0.39 is 0 Å². The molecule has 72 valence electrons. The maximum Gasteiger partial charge on any atom is 0.0887 e. The number of fused-ring (bicyclic) bond motifs is 1. The van der Waals surface area contributed by atoms with Gasteiger partial charge in [0.25, 0.3) is 0 Å². The molecule has 0 unspecified atom stereocenters. The number of hydrogen-bond donors (Lipinski definition) is 0. The molecule has 1 aromatic heterocycles. The summed E-state index contributed by atoms with van der Waals surface area (Å²) in [7, 11) is 0. The first-order valence-corrected chi connectivity index (χ1v) is 4.82. The van der Waals surface area contributed by atoms with Crippen LogP contribution in [0.4, 0.5) is 0 Å². The Kier molecular flexibility index (Phi) is 2.75. The summed E-state index contributed by atoms with van der Waals surface area (Å²) in [6.07, 6.45) is 0. The van der Waals surface area contributed by atoms with Gasteiger partial charge in [-0.05, 0) is 19.1 Å². The number of aromatic nitrogens is 1. The molecule has 0 bridgehead atoms. The van der Waals surface area contributed by atoms with Crippen LogP contribution in [0.3, 0.4) is 0 Å². The Morgan fingerprint density at radius 2 is 2.00 bits per heavy atom. The predicted octanol–water partition coefficient (Wildman–Crippen LogP) is 2.77. The van der Waals surface area contributed by atoms with Gasteiger partial charge in [0.1, 0.15) is 0 Å². The molecule has 0 amide bonds. The molecule has 1 aromatic carbocycles. The molecule has 0 aliphatic heterocycles. The van der Waals surface area contributed by atoms with Crippen LogP contribution in [0.1, 0.15) is 12.6 Å². The molecular formula is C12H13NO. The lowest BCUT2D eigenvalue weighted by Crippen LogP contribution is -1.94. The fourth-order valence-electron chi connectivity index (χ4n) is 1.40. The number of rotatable bonds is 3. The van der Waals surface area contributed by atoms with Crippen molar-refractivity contribution in [1.82, 2.24) is 4.98 Å². The van der Waals surface area contributed by atoms with Gasteiger partial charge in [-0.3, -0.25) is 4.98 Å². The minimum absolute atomic E-state index is 0.599. The lowest BCUT2D eigenvalue weighted by molar-refractivity contribution is 0.131. The highest BCUT2D eigenvalue weighted by Gasteiger charge is 1.96. The van der Waals surface area contributed by atoms with Gasteiger partial charge in [0.05, 0.1) is 17.8 Å². The standard InChI is InChI=1S/C12H13NO/c1-2-14-9-11-8-7-10-5-3-4-6-12(10)13-11/h3-8H,2,9H2,1H3. The molecular weight excluding hydrogens is 174 g/mol. The Morgan fingerprint density at radius 1 is 1.14 bits per heavy atom. The topological polar surface area (TPSA) is 22.1 Å². The van der Waals surface area contributed by atoms with E-state index in [-0.39, 0.29) is 0 Å². The van der Waals surface area contributed by atoms with Crippen molar-refractivity contribution in [1.29, 1.82) is 0 Å².